The van der Waals surface area contributed by atoms with Crippen LogP contribution in [-0.2, 0) is 9.53 Å². The van der Waals surface area contributed by atoms with Gasteiger partial charge in [0.05, 0.1) is 12.7 Å². The molecule has 5 nitrogen and oxygen atoms in total. The summed E-state index contributed by atoms with van der Waals surface area (Å²) in [4.78, 5) is 16.7. The normalized spacial score (nSPS) is 15.9. The molecule has 0 saturated carbocycles. The van der Waals surface area contributed by atoms with E-state index >= 15 is 0 Å². The summed E-state index contributed by atoms with van der Waals surface area (Å²) in [7, 11) is 0. The third-order valence-corrected chi connectivity index (χ3v) is 4.92. The van der Waals surface area contributed by atoms with Crippen LogP contribution in [0.1, 0.15) is 63.6 Å². The number of carbonyl (C=O) groups excluding carboxylic acids is 1. The van der Waals surface area contributed by atoms with Gasteiger partial charge in [-0.25, -0.2) is 9.79 Å². The summed E-state index contributed by atoms with van der Waals surface area (Å²) in [5, 5.41) is 0. The Hall–Kier alpha value is -3.08. The molecule has 0 aromatic heterocycles. The third-order valence-electron chi connectivity index (χ3n) is 4.92. The Morgan fingerprint density at radius 1 is 1.03 bits per heavy atom. The van der Waals surface area contributed by atoms with E-state index in [-0.39, 0.29) is 11.8 Å². The fourth-order valence-electron chi connectivity index (χ4n) is 2.98. The molecule has 0 fully saturated rings. The molecule has 30 heavy (non-hydrogen) atoms. The van der Waals surface area contributed by atoms with Gasteiger partial charge in [-0.1, -0.05) is 39.0 Å². The summed E-state index contributed by atoms with van der Waals surface area (Å²) in [6.07, 6.45) is 2.69. The molecule has 3 rings (SSSR count). The zero-order chi connectivity index (χ0) is 21.7. The molecule has 0 aliphatic carbocycles. The smallest absolute Gasteiger partial charge is 0.363 e. The van der Waals surface area contributed by atoms with E-state index in [1.807, 2.05) is 56.3 Å². The average Bonchev–Trinajstić information content (AvgIpc) is 3.10. The van der Waals surface area contributed by atoms with E-state index in [0.29, 0.717) is 29.9 Å². The van der Waals surface area contributed by atoms with Crippen molar-refractivity contribution in [2.45, 2.75) is 53.1 Å². The van der Waals surface area contributed by atoms with Gasteiger partial charge in [0, 0.05) is 5.56 Å². The molecule has 158 valence electrons. The molecular weight excluding hydrogens is 378 g/mol. The molecule has 0 bridgehead atoms. The second-order valence-electron chi connectivity index (χ2n) is 7.59. The van der Waals surface area contributed by atoms with Crippen molar-refractivity contribution < 1.29 is 19.0 Å². The van der Waals surface area contributed by atoms with Gasteiger partial charge in [0.2, 0.25) is 5.90 Å². The molecule has 1 aliphatic heterocycles. The number of cyclic esters (lactones) is 1. The first-order chi connectivity index (χ1) is 14.4. The van der Waals surface area contributed by atoms with Crippen LogP contribution in [0.15, 0.2) is 53.2 Å². The Bertz CT molecular complexity index is 958. The van der Waals surface area contributed by atoms with Gasteiger partial charge in [0.1, 0.15) is 0 Å². The number of ether oxygens (including phenoxy) is 3. The lowest BCUT2D eigenvalue weighted by atomic mass is 10.0. The molecule has 0 spiro atoms. The van der Waals surface area contributed by atoms with E-state index in [4.69, 9.17) is 14.2 Å². The molecule has 5 heteroatoms. The molecule has 1 heterocycles. The molecule has 1 atom stereocenters. The summed E-state index contributed by atoms with van der Waals surface area (Å²) < 4.78 is 17.0. The van der Waals surface area contributed by atoms with E-state index < -0.39 is 5.97 Å². The monoisotopic (exact) mass is 407 g/mol. The fourth-order valence-corrected chi connectivity index (χ4v) is 2.98. The first-order valence-corrected chi connectivity index (χ1v) is 10.5. The Kier molecular flexibility index (Phi) is 6.93. The molecular formula is C25H29NO4. The lowest BCUT2D eigenvalue weighted by molar-refractivity contribution is -0.129. The molecule has 0 radical (unpaired) electrons. The van der Waals surface area contributed by atoms with Gasteiger partial charge in [-0.3, -0.25) is 0 Å². The number of carbonyl (C=O) groups is 1. The van der Waals surface area contributed by atoms with Crippen molar-refractivity contribution in [1.29, 1.82) is 0 Å². The maximum absolute atomic E-state index is 12.3. The van der Waals surface area contributed by atoms with Crippen LogP contribution < -0.4 is 9.47 Å². The number of nitrogens with zero attached hydrogens (tertiary/aromatic N) is 1. The van der Waals surface area contributed by atoms with Crippen molar-refractivity contribution in [3.05, 3.63) is 64.9 Å². The molecule has 2 aromatic rings. The molecule has 2 aromatic carbocycles. The van der Waals surface area contributed by atoms with Gasteiger partial charge in [0.25, 0.3) is 0 Å². The van der Waals surface area contributed by atoms with Gasteiger partial charge >= 0.3 is 5.97 Å². The van der Waals surface area contributed by atoms with Gasteiger partial charge < -0.3 is 14.2 Å². The lowest BCUT2D eigenvalue weighted by Gasteiger charge is -2.16. The summed E-state index contributed by atoms with van der Waals surface area (Å²) in [5.41, 5.74) is 3.06. The second kappa shape index (κ2) is 9.61. The zero-order valence-corrected chi connectivity index (χ0v) is 18.3. The Labute approximate surface area is 178 Å². The Morgan fingerprint density at radius 2 is 1.77 bits per heavy atom. The van der Waals surface area contributed by atoms with Crippen LogP contribution in [0.5, 0.6) is 11.5 Å². The van der Waals surface area contributed by atoms with Crippen LogP contribution in [0, 0.1) is 0 Å². The topological polar surface area (TPSA) is 57.1 Å². The van der Waals surface area contributed by atoms with Gasteiger partial charge in [-0.2, -0.15) is 0 Å². The van der Waals surface area contributed by atoms with Crippen molar-refractivity contribution in [2.24, 2.45) is 4.99 Å². The van der Waals surface area contributed by atoms with Crippen molar-refractivity contribution in [3.63, 3.8) is 0 Å². The van der Waals surface area contributed by atoms with Crippen LogP contribution in [0.3, 0.4) is 0 Å². The number of aliphatic imine (C=N–C) groups is 1. The highest BCUT2D eigenvalue weighted by Gasteiger charge is 2.24. The van der Waals surface area contributed by atoms with Crippen molar-refractivity contribution in [1.82, 2.24) is 0 Å². The minimum absolute atomic E-state index is 0.0902. The SMILES string of the molecule is CCOc1cc(/C=C2\N=C(c3ccc(C(C)C)cc3)OC2=O)ccc1OC(C)CC. The molecule has 0 N–H and O–H groups in total. The maximum Gasteiger partial charge on any atom is 0.363 e. The quantitative estimate of drug-likeness (QED) is 0.414. The number of benzene rings is 2. The predicted octanol–water partition coefficient (Wildman–Crippen LogP) is 5.73. The van der Waals surface area contributed by atoms with E-state index in [9.17, 15) is 4.79 Å². The zero-order valence-electron chi connectivity index (χ0n) is 18.3. The number of esters is 1. The molecule has 0 amide bonds. The number of hydrogen-bond acceptors (Lipinski definition) is 5. The van der Waals surface area contributed by atoms with Crippen LogP contribution >= 0.6 is 0 Å². The lowest BCUT2D eigenvalue weighted by Crippen LogP contribution is -2.10. The second-order valence-corrected chi connectivity index (χ2v) is 7.59. The average molecular weight is 408 g/mol. The molecule has 0 saturated heterocycles. The first kappa shape index (κ1) is 21.6. The Morgan fingerprint density at radius 3 is 2.40 bits per heavy atom. The number of rotatable bonds is 8. The highest BCUT2D eigenvalue weighted by atomic mass is 16.6. The largest absolute Gasteiger partial charge is 0.490 e. The van der Waals surface area contributed by atoms with E-state index in [2.05, 4.69) is 25.8 Å². The fraction of sp³-hybridized carbons (Fsp3) is 0.360. The van der Waals surface area contributed by atoms with E-state index in [1.165, 1.54) is 5.56 Å². The highest BCUT2D eigenvalue weighted by Crippen LogP contribution is 2.31. The Balaban J connectivity index is 1.86. The van der Waals surface area contributed by atoms with Crippen LogP contribution in [0.2, 0.25) is 0 Å². The molecule has 1 unspecified atom stereocenters. The summed E-state index contributed by atoms with van der Waals surface area (Å²) in [6, 6.07) is 13.5. The van der Waals surface area contributed by atoms with E-state index in [1.54, 1.807) is 6.08 Å². The van der Waals surface area contributed by atoms with Gasteiger partial charge in [0.15, 0.2) is 17.2 Å². The predicted molar refractivity (Wildman–Crippen MR) is 119 cm³/mol. The maximum atomic E-state index is 12.3. The minimum atomic E-state index is -0.462. The van der Waals surface area contributed by atoms with Crippen LogP contribution in [0.25, 0.3) is 6.08 Å². The van der Waals surface area contributed by atoms with Crippen LogP contribution in [0.4, 0.5) is 0 Å². The summed E-state index contributed by atoms with van der Waals surface area (Å²) in [5.74, 6) is 1.64. The van der Waals surface area contributed by atoms with Gasteiger partial charge in [-0.15, -0.1) is 0 Å². The number of hydrogen-bond donors (Lipinski definition) is 0. The summed E-state index contributed by atoms with van der Waals surface area (Å²) >= 11 is 0. The van der Waals surface area contributed by atoms with Gasteiger partial charge in [-0.05, 0) is 67.7 Å². The summed E-state index contributed by atoms with van der Waals surface area (Å²) in [6.45, 7) is 10.8. The van der Waals surface area contributed by atoms with E-state index in [0.717, 1.165) is 17.5 Å². The molecule has 1 aliphatic rings. The standard InChI is InChI=1S/C25H29NO4/c1-6-17(5)29-22-13-8-18(15-23(22)28-7-2)14-21-25(27)30-24(26-21)20-11-9-19(10-12-20)16(3)4/h8-17H,6-7H2,1-5H3/b21-14-. The van der Waals surface area contributed by atoms with Crippen molar-refractivity contribution in [3.8, 4) is 11.5 Å². The van der Waals surface area contributed by atoms with Crippen molar-refractivity contribution in [2.75, 3.05) is 6.61 Å². The van der Waals surface area contributed by atoms with Crippen LogP contribution in [-0.4, -0.2) is 24.6 Å². The minimum Gasteiger partial charge on any atom is -0.490 e. The third kappa shape index (κ3) is 5.09. The van der Waals surface area contributed by atoms with Crippen molar-refractivity contribution >= 4 is 17.9 Å². The first-order valence-electron chi connectivity index (χ1n) is 10.5. The highest BCUT2D eigenvalue weighted by molar-refractivity contribution is 6.12.